The molecule has 2 aromatic rings. The first-order valence-corrected chi connectivity index (χ1v) is 27.0. The fourth-order valence-electron chi connectivity index (χ4n) is 11.7. The van der Waals surface area contributed by atoms with E-state index in [1.165, 1.54) is 69.9 Å². The maximum absolute atomic E-state index is 15.1. The number of ether oxygens (including phenoxy) is 3. The van der Waals surface area contributed by atoms with E-state index in [0.717, 1.165) is 80.9 Å². The molecular formula is C57H84FN3O8. The summed E-state index contributed by atoms with van der Waals surface area (Å²) in [6.45, 7) is 9.59. The second-order valence-corrected chi connectivity index (χ2v) is 20.0. The highest BCUT2D eigenvalue weighted by Gasteiger charge is 2.65. The van der Waals surface area contributed by atoms with Crippen LogP contribution in [0.1, 0.15) is 179 Å². The number of nitrogens with one attached hydrogen (secondary N) is 1. The molecule has 1 aliphatic heterocycles. The maximum atomic E-state index is 15.1. The number of oxime groups is 1. The molecule has 0 aromatic heterocycles. The van der Waals surface area contributed by atoms with E-state index in [-0.39, 0.29) is 62.3 Å². The van der Waals surface area contributed by atoms with Crippen molar-refractivity contribution in [1.29, 1.82) is 0 Å². The fourth-order valence-corrected chi connectivity index (χ4v) is 11.7. The lowest BCUT2D eigenvalue weighted by atomic mass is 9.55. The van der Waals surface area contributed by atoms with Gasteiger partial charge in [-0.05, 0) is 105 Å². The van der Waals surface area contributed by atoms with Gasteiger partial charge in [-0.2, -0.15) is 0 Å². The van der Waals surface area contributed by atoms with Crippen molar-refractivity contribution in [2.24, 2.45) is 28.8 Å². The van der Waals surface area contributed by atoms with Gasteiger partial charge in [-0.1, -0.05) is 133 Å². The van der Waals surface area contributed by atoms with Gasteiger partial charge in [-0.25, -0.2) is 9.18 Å². The van der Waals surface area contributed by atoms with Crippen LogP contribution in [-0.2, 0) is 20.9 Å². The molecule has 0 bridgehead atoms. The predicted molar refractivity (Wildman–Crippen MR) is 271 cm³/mol. The second kappa shape index (κ2) is 28.6. The van der Waals surface area contributed by atoms with Gasteiger partial charge in [0.25, 0.3) is 0 Å². The highest BCUT2D eigenvalue weighted by molar-refractivity contribution is 6.03. The zero-order valence-electron chi connectivity index (χ0n) is 42.0. The van der Waals surface area contributed by atoms with E-state index >= 15 is 4.79 Å². The van der Waals surface area contributed by atoms with Gasteiger partial charge in [0.1, 0.15) is 30.0 Å². The van der Waals surface area contributed by atoms with Gasteiger partial charge in [0.15, 0.2) is 0 Å². The number of halogens is 1. The van der Waals surface area contributed by atoms with Crippen molar-refractivity contribution in [3.63, 3.8) is 0 Å². The molecule has 3 aliphatic carbocycles. The van der Waals surface area contributed by atoms with Crippen molar-refractivity contribution in [3.8, 4) is 11.5 Å². The molecule has 6 unspecified atom stereocenters. The molecule has 12 heteroatoms. The zero-order chi connectivity index (χ0) is 48.9. The van der Waals surface area contributed by atoms with Gasteiger partial charge >= 0.3 is 6.09 Å². The van der Waals surface area contributed by atoms with Crippen LogP contribution in [0.2, 0.25) is 0 Å². The Morgan fingerprint density at radius 3 is 2.28 bits per heavy atom. The number of unbranched alkanes of at least 4 members (excludes halogenated alkanes) is 11. The molecule has 0 saturated heterocycles. The van der Waals surface area contributed by atoms with Crippen LogP contribution in [0, 0.1) is 29.5 Å². The number of aliphatic hydroxyl groups is 2. The van der Waals surface area contributed by atoms with Gasteiger partial charge in [-0.3, -0.25) is 4.79 Å². The number of amides is 2. The molecule has 0 spiro atoms. The summed E-state index contributed by atoms with van der Waals surface area (Å²) in [6.07, 6.45) is 26.1. The van der Waals surface area contributed by atoms with Crippen molar-refractivity contribution in [2.45, 2.75) is 186 Å². The van der Waals surface area contributed by atoms with E-state index in [1.807, 2.05) is 24.0 Å². The van der Waals surface area contributed by atoms with Crippen molar-refractivity contribution in [2.75, 3.05) is 33.0 Å². The lowest BCUT2D eigenvalue weighted by Crippen LogP contribution is -2.70. The first-order chi connectivity index (χ1) is 33.8. The Morgan fingerprint density at radius 2 is 1.59 bits per heavy atom. The summed E-state index contributed by atoms with van der Waals surface area (Å²) in [4.78, 5) is 36.3. The Morgan fingerprint density at radius 1 is 0.899 bits per heavy atom. The third-order valence-electron chi connectivity index (χ3n) is 15.2. The molecule has 6 rings (SSSR count). The van der Waals surface area contributed by atoms with Gasteiger partial charge < -0.3 is 39.5 Å². The largest absolute Gasteiger partial charge is 0.459 e. The number of allylic oxidation sites excluding steroid dienone is 1. The van der Waals surface area contributed by atoms with Crippen LogP contribution in [0.5, 0.6) is 11.5 Å². The van der Waals surface area contributed by atoms with E-state index < -0.39 is 23.8 Å². The van der Waals surface area contributed by atoms with Crippen LogP contribution >= 0.6 is 0 Å². The number of benzene rings is 2. The topological polar surface area (TPSA) is 139 Å². The Bertz CT molecular complexity index is 1950. The molecule has 2 amide bonds. The molecule has 2 saturated carbocycles. The second-order valence-electron chi connectivity index (χ2n) is 20.0. The minimum Gasteiger partial charge on any atom is -0.459 e. The summed E-state index contributed by atoms with van der Waals surface area (Å²) < 4.78 is 35.0. The third-order valence-corrected chi connectivity index (χ3v) is 15.2. The number of carbonyl (C=O) groups is 2. The lowest BCUT2D eigenvalue weighted by Gasteiger charge is -2.60. The molecule has 382 valence electrons. The zero-order valence-corrected chi connectivity index (χ0v) is 42.0. The van der Waals surface area contributed by atoms with Crippen molar-refractivity contribution in [3.05, 3.63) is 83.7 Å². The first-order valence-electron chi connectivity index (χ1n) is 27.0. The Labute approximate surface area is 412 Å². The number of hydrogen-bond acceptors (Lipinski definition) is 9. The van der Waals surface area contributed by atoms with Gasteiger partial charge in [0.05, 0.1) is 18.2 Å². The number of nitrogens with zero attached hydrogens (tertiary/aromatic N) is 2. The molecule has 3 N–H and O–H groups in total. The maximum Gasteiger partial charge on any atom is 0.412 e. The molecular weight excluding hydrogens is 874 g/mol. The number of carbonyl (C=O) groups excluding carboxylic acids is 2. The molecule has 0 radical (unpaired) electrons. The van der Waals surface area contributed by atoms with E-state index in [9.17, 15) is 19.4 Å². The molecule has 1 heterocycles. The van der Waals surface area contributed by atoms with Gasteiger partial charge in [0.2, 0.25) is 11.7 Å². The average molecular weight is 958 g/mol. The summed E-state index contributed by atoms with van der Waals surface area (Å²) in [5.41, 5.74) is 3.31. The first kappa shape index (κ1) is 54.1. The fraction of sp³-hybridized carbons (Fsp3) is 0.667. The molecule has 4 aliphatic rings. The molecule has 69 heavy (non-hydrogen) atoms. The quantitative estimate of drug-likeness (QED) is 0.0386. The van der Waals surface area contributed by atoms with E-state index in [4.69, 9.17) is 24.2 Å². The molecule has 2 fully saturated rings. The van der Waals surface area contributed by atoms with Gasteiger partial charge in [0, 0.05) is 50.6 Å². The minimum absolute atomic E-state index is 0.00877. The van der Waals surface area contributed by atoms with Crippen molar-refractivity contribution in [1.82, 2.24) is 10.2 Å². The Balaban J connectivity index is 1.39. The van der Waals surface area contributed by atoms with Crippen LogP contribution in [0.4, 0.5) is 9.18 Å². The SMILES string of the molecule is C=CCOC12Oc3ccc(OC(=O)NCCCCCCCCCCCC)cc3C3C(CCCCO)C(CCCCO)C=C(C(=NOCC)CC1N(Cc1ccc(F)cc1)C(=O)CCC1CCCC1)C32. The van der Waals surface area contributed by atoms with Gasteiger partial charge in [-0.15, -0.1) is 6.58 Å². The smallest absolute Gasteiger partial charge is 0.412 e. The van der Waals surface area contributed by atoms with Crippen LogP contribution in [-0.4, -0.2) is 77.6 Å². The third kappa shape index (κ3) is 14.9. The molecule has 11 nitrogen and oxygen atoms in total. The number of aliphatic hydroxyl groups excluding tert-OH is 2. The average Bonchev–Trinajstić information content (AvgIpc) is 3.89. The van der Waals surface area contributed by atoms with E-state index in [2.05, 4.69) is 24.9 Å². The molecule has 6 atom stereocenters. The highest BCUT2D eigenvalue weighted by Crippen LogP contribution is 2.62. The van der Waals surface area contributed by atoms with Crippen LogP contribution in [0.25, 0.3) is 0 Å². The van der Waals surface area contributed by atoms with E-state index in [0.29, 0.717) is 55.5 Å². The molecule has 2 aromatic carbocycles. The summed E-state index contributed by atoms with van der Waals surface area (Å²) in [5, 5.41) is 27.8. The van der Waals surface area contributed by atoms with Crippen LogP contribution < -0.4 is 14.8 Å². The van der Waals surface area contributed by atoms with Crippen LogP contribution in [0.15, 0.2) is 71.9 Å². The number of hydrogen-bond donors (Lipinski definition) is 3. The Hall–Kier alpha value is -4.26. The van der Waals surface area contributed by atoms with Crippen LogP contribution in [0.3, 0.4) is 0 Å². The lowest BCUT2D eigenvalue weighted by molar-refractivity contribution is -0.258. The predicted octanol–water partition coefficient (Wildman–Crippen LogP) is 12.5. The van der Waals surface area contributed by atoms with E-state index in [1.54, 1.807) is 24.3 Å². The van der Waals surface area contributed by atoms with Crippen molar-refractivity contribution < 1.29 is 43.2 Å². The number of fused-ring (bicyclic) bond motifs is 2. The summed E-state index contributed by atoms with van der Waals surface area (Å²) in [7, 11) is 0. The monoisotopic (exact) mass is 958 g/mol. The standard InChI is InChI=1S/C57H84FN3O8/c1-4-7-8-9-10-11-12-13-14-19-34-59-56(65)68-46-31-32-51-49(39-46)54-47(25-18-21-36-63)44(24-17-20-35-62)38-48-50(60-67-6-3)40-52(57(69-51,55(48)54)66-37-5-2)61(41-43-26-29-45(58)30-27-43)53(64)33-28-42-22-15-16-23-42/h5,26-27,29-32,38-39,42,44,47,52,54-55,62-63H,2,4,6-25,28,33-37,40-41H2,1,3H3,(H,59,65). The minimum atomic E-state index is -1.44. The number of rotatable bonds is 31. The Kier molecular flexibility index (Phi) is 22.4. The van der Waals surface area contributed by atoms with Crippen molar-refractivity contribution >= 4 is 17.7 Å². The highest BCUT2D eigenvalue weighted by atomic mass is 19.1. The summed E-state index contributed by atoms with van der Waals surface area (Å²) in [6, 6.07) is 11.2. The normalized spacial score (nSPS) is 23.4. The summed E-state index contributed by atoms with van der Waals surface area (Å²) >= 11 is 0. The summed E-state index contributed by atoms with van der Waals surface area (Å²) in [5.74, 6) is -1.07.